The molecule has 2 heterocycles. The summed E-state index contributed by atoms with van der Waals surface area (Å²) in [6.45, 7) is 2.11. The third kappa shape index (κ3) is 2.84. The number of nitrogens with two attached hydrogens (primary N) is 1. The lowest BCUT2D eigenvalue weighted by atomic mass is 10.1. The molecule has 0 aliphatic rings. The highest BCUT2D eigenvalue weighted by Crippen LogP contribution is 2.27. The van der Waals surface area contributed by atoms with Crippen molar-refractivity contribution in [2.24, 2.45) is 0 Å². The number of pyridine rings is 1. The molecule has 0 bridgehead atoms. The minimum absolute atomic E-state index is 0.494. The summed E-state index contributed by atoms with van der Waals surface area (Å²) in [7, 11) is 0. The molecule has 0 aliphatic heterocycles. The van der Waals surface area contributed by atoms with Gasteiger partial charge in [0.2, 0.25) is 0 Å². The first-order valence-corrected chi connectivity index (χ1v) is 6.47. The molecule has 2 aromatic heterocycles. The molecular weight excluding hydrogens is 232 g/mol. The summed E-state index contributed by atoms with van der Waals surface area (Å²) in [5.41, 5.74) is 7.41. The molecule has 1 atom stereocenters. The highest BCUT2D eigenvalue weighted by atomic mass is 32.1. The van der Waals surface area contributed by atoms with Crippen molar-refractivity contribution in [3.05, 3.63) is 45.9 Å². The molecule has 2 rings (SSSR count). The molecule has 3 nitrogen and oxygen atoms in total. The maximum atomic E-state index is 10.1. The number of thiophene rings is 1. The second-order valence-electron chi connectivity index (χ2n) is 3.95. The second-order valence-corrected chi connectivity index (χ2v) is 5.15. The third-order valence-corrected chi connectivity index (χ3v) is 4.04. The van der Waals surface area contributed by atoms with Gasteiger partial charge in [-0.05, 0) is 30.2 Å². The molecule has 0 aromatic carbocycles. The third-order valence-electron chi connectivity index (χ3n) is 2.71. The molecule has 0 amide bonds. The predicted octanol–water partition coefficient (Wildman–Crippen LogP) is 2.56. The average molecular weight is 248 g/mol. The van der Waals surface area contributed by atoms with E-state index < -0.39 is 6.10 Å². The lowest BCUT2D eigenvalue weighted by Gasteiger charge is -2.09. The molecule has 0 saturated carbocycles. The molecule has 4 heteroatoms. The number of nitrogen functional groups attached to an aromatic ring is 1. The van der Waals surface area contributed by atoms with E-state index in [4.69, 9.17) is 5.73 Å². The quantitative estimate of drug-likeness (QED) is 0.874. The number of rotatable bonds is 4. The zero-order valence-corrected chi connectivity index (χ0v) is 10.6. The number of nitrogens with zero attached hydrogens (tertiary/aromatic N) is 1. The van der Waals surface area contributed by atoms with E-state index in [2.05, 4.69) is 18.0 Å². The summed E-state index contributed by atoms with van der Waals surface area (Å²) in [6.07, 6.45) is 4.40. The Bertz CT molecular complexity index is 496. The fourth-order valence-corrected chi connectivity index (χ4v) is 2.62. The Labute approximate surface area is 105 Å². The summed E-state index contributed by atoms with van der Waals surface area (Å²) in [6, 6.07) is 5.81. The van der Waals surface area contributed by atoms with Crippen molar-refractivity contribution in [2.45, 2.75) is 25.9 Å². The molecule has 1 unspecified atom stereocenters. The van der Waals surface area contributed by atoms with Crippen LogP contribution in [0.5, 0.6) is 0 Å². The molecule has 0 saturated heterocycles. The van der Waals surface area contributed by atoms with Gasteiger partial charge in [0.15, 0.2) is 0 Å². The maximum absolute atomic E-state index is 10.1. The van der Waals surface area contributed by atoms with Crippen LogP contribution in [-0.4, -0.2) is 10.1 Å². The van der Waals surface area contributed by atoms with Crippen LogP contribution >= 0.6 is 11.3 Å². The normalized spacial score (nSPS) is 12.6. The summed E-state index contributed by atoms with van der Waals surface area (Å²) in [4.78, 5) is 6.31. The van der Waals surface area contributed by atoms with E-state index in [1.165, 1.54) is 4.88 Å². The van der Waals surface area contributed by atoms with E-state index >= 15 is 0 Å². The summed E-state index contributed by atoms with van der Waals surface area (Å²) < 4.78 is 0. The molecule has 3 N–H and O–H groups in total. The average Bonchev–Trinajstić information content (AvgIpc) is 2.81. The van der Waals surface area contributed by atoms with Gasteiger partial charge < -0.3 is 10.8 Å². The molecule has 2 aromatic rings. The molecule has 0 aliphatic carbocycles. The number of hydrogen-bond acceptors (Lipinski definition) is 4. The molecule has 17 heavy (non-hydrogen) atoms. The van der Waals surface area contributed by atoms with Crippen LogP contribution in [0.2, 0.25) is 0 Å². The van der Waals surface area contributed by atoms with E-state index in [-0.39, 0.29) is 0 Å². The van der Waals surface area contributed by atoms with Crippen LogP contribution in [0.1, 0.15) is 28.3 Å². The zero-order chi connectivity index (χ0) is 12.3. The smallest absolute Gasteiger partial charge is 0.0923 e. The maximum Gasteiger partial charge on any atom is 0.0923 e. The number of aliphatic hydroxyl groups is 1. The van der Waals surface area contributed by atoms with Gasteiger partial charge in [0.1, 0.15) is 0 Å². The Hall–Kier alpha value is -1.39. The van der Waals surface area contributed by atoms with Gasteiger partial charge in [-0.1, -0.05) is 6.92 Å². The van der Waals surface area contributed by atoms with Gasteiger partial charge in [-0.15, -0.1) is 11.3 Å². The number of aromatic nitrogens is 1. The summed E-state index contributed by atoms with van der Waals surface area (Å²) in [5, 5.41) is 10.1. The first-order chi connectivity index (χ1) is 8.20. The number of hydrogen-bond donors (Lipinski definition) is 2. The van der Waals surface area contributed by atoms with Crippen LogP contribution in [-0.2, 0) is 12.8 Å². The van der Waals surface area contributed by atoms with Gasteiger partial charge in [0.25, 0.3) is 0 Å². The number of aliphatic hydroxyl groups excluding tert-OH is 1. The lowest BCUT2D eigenvalue weighted by molar-refractivity contribution is 0.182. The fraction of sp³-hybridized carbons (Fsp3) is 0.308. The van der Waals surface area contributed by atoms with E-state index in [0.717, 1.165) is 16.9 Å². The van der Waals surface area contributed by atoms with Crippen molar-refractivity contribution < 1.29 is 5.11 Å². The fourth-order valence-electron chi connectivity index (χ4n) is 1.68. The van der Waals surface area contributed by atoms with Crippen molar-refractivity contribution in [1.29, 1.82) is 0 Å². The summed E-state index contributed by atoms with van der Waals surface area (Å²) in [5.74, 6) is 0. The molecule has 0 radical (unpaired) electrons. The Morgan fingerprint density at radius 2 is 2.24 bits per heavy atom. The largest absolute Gasteiger partial charge is 0.398 e. The Balaban J connectivity index is 2.11. The lowest BCUT2D eigenvalue weighted by Crippen LogP contribution is -2.03. The van der Waals surface area contributed by atoms with E-state index in [1.807, 2.05) is 6.07 Å². The van der Waals surface area contributed by atoms with E-state index in [1.54, 1.807) is 29.8 Å². The van der Waals surface area contributed by atoms with Gasteiger partial charge in [-0.2, -0.15) is 0 Å². The monoisotopic (exact) mass is 248 g/mol. The van der Waals surface area contributed by atoms with Crippen LogP contribution in [0.3, 0.4) is 0 Å². The molecule has 90 valence electrons. The van der Waals surface area contributed by atoms with Crippen molar-refractivity contribution in [1.82, 2.24) is 4.98 Å². The second kappa shape index (κ2) is 5.29. The highest BCUT2D eigenvalue weighted by Gasteiger charge is 2.12. The zero-order valence-electron chi connectivity index (χ0n) is 9.76. The minimum Gasteiger partial charge on any atom is -0.398 e. The van der Waals surface area contributed by atoms with Gasteiger partial charge in [-0.3, -0.25) is 4.98 Å². The molecule has 0 spiro atoms. The Morgan fingerprint density at radius 3 is 2.88 bits per heavy atom. The van der Waals surface area contributed by atoms with Crippen LogP contribution < -0.4 is 5.73 Å². The van der Waals surface area contributed by atoms with Crippen LogP contribution in [0.25, 0.3) is 0 Å². The van der Waals surface area contributed by atoms with Crippen LogP contribution in [0.4, 0.5) is 5.69 Å². The highest BCUT2D eigenvalue weighted by molar-refractivity contribution is 7.12. The minimum atomic E-state index is -0.494. The van der Waals surface area contributed by atoms with Crippen LogP contribution in [0.15, 0.2) is 30.6 Å². The summed E-state index contributed by atoms with van der Waals surface area (Å²) >= 11 is 1.65. The van der Waals surface area contributed by atoms with Crippen molar-refractivity contribution in [3.63, 3.8) is 0 Å². The van der Waals surface area contributed by atoms with Crippen molar-refractivity contribution >= 4 is 17.0 Å². The van der Waals surface area contributed by atoms with Gasteiger partial charge >= 0.3 is 0 Å². The predicted molar refractivity (Wildman–Crippen MR) is 71.0 cm³/mol. The van der Waals surface area contributed by atoms with Crippen molar-refractivity contribution in [3.8, 4) is 0 Å². The van der Waals surface area contributed by atoms with Gasteiger partial charge in [0.05, 0.1) is 6.10 Å². The van der Waals surface area contributed by atoms with Gasteiger partial charge in [0, 0.05) is 34.3 Å². The molecule has 0 fully saturated rings. The van der Waals surface area contributed by atoms with E-state index in [9.17, 15) is 5.11 Å². The SMILES string of the molecule is CCc1ccc(C(O)Cc2cnccc2N)s1. The Morgan fingerprint density at radius 1 is 1.41 bits per heavy atom. The van der Waals surface area contributed by atoms with Gasteiger partial charge in [-0.25, -0.2) is 0 Å². The Kier molecular flexibility index (Phi) is 3.76. The first-order valence-electron chi connectivity index (χ1n) is 5.65. The standard InChI is InChI=1S/C13H16N2OS/c1-2-10-3-4-13(17-10)12(16)7-9-8-15-6-5-11(9)14/h3-6,8,12,16H,2,7H2,1H3,(H2,14,15). The number of anilines is 1. The van der Waals surface area contributed by atoms with E-state index in [0.29, 0.717) is 12.1 Å². The van der Waals surface area contributed by atoms with Crippen molar-refractivity contribution in [2.75, 3.05) is 5.73 Å². The molecular formula is C13H16N2OS. The number of aryl methyl sites for hydroxylation is 1. The first kappa shape index (κ1) is 12.1. The van der Waals surface area contributed by atoms with Crippen LogP contribution in [0, 0.1) is 0 Å². The topological polar surface area (TPSA) is 59.1 Å².